The van der Waals surface area contributed by atoms with Crippen molar-refractivity contribution in [2.24, 2.45) is 5.92 Å². The zero-order chi connectivity index (χ0) is 20.9. The molecule has 6 nitrogen and oxygen atoms in total. The van der Waals surface area contributed by atoms with Gasteiger partial charge in [0.1, 0.15) is 0 Å². The van der Waals surface area contributed by atoms with Crippen LogP contribution >= 0.6 is 0 Å². The molecule has 1 N–H and O–H groups in total. The minimum atomic E-state index is -0.231. The van der Waals surface area contributed by atoms with Gasteiger partial charge in [-0.25, -0.2) is 0 Å². The fourth-order valence-corrected chi connectivity index (χ4v) is 4.13. The summed E-state index contributed by atoms with van der Waals surface area (Å²) in [5.74, 6) is 1.63. The molecule has 1 aromatic carbocycles. The summed E-state index contributed by atoms with van der Waals surface area (Å²) in [5.41, 5.74) is 0.776. The molecule has 1 atom stereocenters. The molecule has 1 fully saturated rings. The van der Waals surface area contributed by atoms with Gasteiger partial charge in [-0.05, 0) is 48.6 Å². The van der Waals surface area contributed by atoms with E-state index in [1.807, 2.05) is 42.7 Å². The number of hydrogen-bond acceptors (Lipinski definition) is 4. The molecule has 1 aliphatic rings. The lowest BCUT2D eigenvalue weighted by molar-refractivity contribution is -0.125. The van der Waals surface area contributed by atoms with Crippen LogP contribution in [0.3, 0.4) is 0 Å². The molecule has 2 heterocycles. The second kappa shape index (κ2) is 9.35. The summed E-state index contributed by atoms with van der Waals surface area (Å²) in [6.07, 6.45) is 6.19. The van der Waals surface area contributed by atoms with E-state index in [-0.39, 0.29) is 23.4 Å². The third-order valence-corrected chi connectivity index (χ3v) is 5.82. The monoisotopic (exact) mass is 400 g/mol. The maximum absolute atomic E-state index is 13.2. The highest BCUT2D eigenvalue weighted by Gasteiger charge is 2.36. The maximum atomic E-state index is 13.2. The van der Waals surface area contributed by atoms with Crippen molar-refractivity contribution in [3.05, 3.63) is 48.3 Å². The minimum Gasteiger partial charge on any atom is -0.493 e. The van der Waals surface area contributed by atoms with Crippen LogP contribution in [0.15, 0.2) is 42.7 Å². The minimum absolute atomic E-state index is 0.0501. The molecular weight excluding hydrogens is 368 g/mol. The summed E-state index contributed by atoms with van der Waals surface area (Å²) in [6, 6.07) is 9.73. The van der Waals surface area contributed by atoms with Gasteiger partial charge in [0.25, 0.3) is 0 Å². The summed E-state index contributed by atoms with van der Waals surface area (Å²) >= 11 is 0. The van der Waals surface area contributed by atoms with Crippen LogP contribution < -0.4 is 14.8 Å². The summed E-state index contributed by atoms with van der Waals surface area (Å²) in [4.78, 5) is 13.2. The molecule has 1 aromatic heterocycles. The molecule has 0 aliphatic carbocycles. The van der Waals surface area contributed by atoms with Crippen LogP contribution in [0.5, 0.6) is 11.5 Å². The smallest absolute Gasteiger partial charge is 0.222 e. The van der Waals surface area contributed by atoms with Crippen LogP contribution in [0, 0.1) is 5.92 Å². The molecule has 0 bridgehead atoms. The number of nitrogens with zero attached hydrogens (tertiary/aromatic N) is 1. The quantitative estimate of drug-likeness (QED) is 0.730. The van der Waals surface area contributed by atoms with E-state index in [1.165, 1.54) is 0 Å². The Labute approximate surface area is 173 Å². The molecule has 0 saturated carbocycles. The molecule has 29 heavy (non-hydrogen) atoms. The highest BCUT2D eigenvalue weighted by Crippen LogP contribution is 2.35. The summed E-state index contributed by atoms with van der Waals surface area (Å²) < 4.78 is 18.5. The van der Waals surface area contributed by atoms with Crippen LogP contribution in [0.4, 0.5) is 0 Å². The molecule has 0 spiro atoms. The van der Waals surface area contributed by atoms with Gasteiger partial charge in [0, 0.05) is 25.6 Å². The fraction of sp³-hybridized carbons (Fsp3) is 0.522. The second-order valence-electron chi connectivity index (χ2n) is 8.01. The number of rotatable bonds is 8. The van der Waals surface area contributed by atoms with Gasteiger partial charge in [-0.2, -0.15) is 0 Å². The van der Waals surface area contributed by atoms with Gasteiger partial charge in [0.15, 0.2) is 11.5 Å². The van der Waals surface area contributed by atoms with E-state index in [0.29, 0.717) is 31.1 Å². The Morgan fingerprint density at radius 1 is 1.14 bits per heavy atom. The third-order valence-electron chi connectivity index (χ3n) is 5.82. The molecular formula is C23H32N2O4. The SMILES string of the molecule is COc1ccc([C@@H](NC(=O)CC2(n3cccc3)CCOCC2)C(C)C)cc1OC. The van der Waals surface area contributed by atoms with Crippen molar-refractivity contribution in [1.82, 2.24) is 9.88 Å². The maximum Gasteiger partial charge on any atom is 0.222 e. The first-order chi connectivity index (χ1) is 14.0. The number of benzene rings is 1. The zero-order valence-corrected chi connectivity index (χ0v) is 17.8. The normalized spacial score (nSPS) is 17.0. The average Bonchev–Trinajstić information content (AvgIpc) is 3.27. The Kier molecular flexibility index (Phi) is 6.85. The van der Waals surface area contributed by atoms with Gasteiger partial charge >= 0.3 is 0 Å². The number of aromatic nitrogens is 1. The first-order valence-electron chi connectivity index (χ1n) is 10.2. The van der Waals surface area contributed by atoms with Gasteiger partial charge in [0.2, 0.25) is 5.91 Å². The molecule has 1 amide bonds. The lowest BCUT2D eigenvalue weighted by Crippen LogP contribution is -2.44. The van der Waals surface area contributed by atoms with E-state index in [4.69, 9.17) is 14.2 Å². The summed E-state index contributed by atoms with van der Waals surface area (Å²) in [7, 11) is 3.24. The average molecular weight is 401 g/mol. The molecule has 158 valence electrons. The molecule has 1 aliphatic heterocycles. The Morgan fingerprint density at radius 3 is 2.38 bits per heavy atom. The Morgan fingerprint density at radius 2 is 1.79 bits per heavy atom. The van der Waals surface area contributed by atoms with Crippen LogP contribution in [0.25, 0.3) is 0 Å². The molecule has 1 saturated heterocycles. The summed E-state index contributed by atoms with van der Waals surface area (Å²) in [6.45, 7) is 5.57. The molecule has 3 rings (SSSR count). The number of nitrogens with one attached hydrogen (secondary N) is 1. The van der Waals surface area contributed by atoms with Gasteiger partial charge < -0.3 is 24.1 Å². The standard InChI is InChI=1S/C23H32N2O4/c1-17(2)22(18-7-8-19(27-3)20(15-18)28-4)24-21(26)16-23(9-13-29-14-10-23)25-11-5-6-12-25/h5-8,11-12,15,17,22H,9-10,13-14,16H2,1-4H3,(H,24,26)/t22-/m0/s1. The topological polar surface area (TPSA) is 61.7 Å². The Balaban J connectivity index is 1.79. The predicted molar refractivity (Wildman–Crippen MR) is 112 cm³/mol. The largest absolute Gasteiger partial charge is 0.493 e. The molecule has 6 heteroatoms. The first kappa shape index (κ1) is 21.2. The van der Waals surface area contributed by atoms with Gasteiger partial charge in [-0.1, -0.05) is 19.9 Å². The highest BCUT2D eigenvalue weighted by molar-refractivity contribution is 5.77. The van der Waals surface area contributed by atoms with Gasteiger partial charge in [0.05, 0.1) is 32.2 Å². The van der Waals surface area contributed by atoms with Crippen molar-refractivity contribution < 1.29 is 19.0 Å². The zero-order valence-electron chi connectivity index (χ0n) is 17.8. The van der Waals surface area contributed by atoms with Gasteiger partial charge in [-0.15, -0.1) is 0 Å². The van der Waals surface area contributed by atoms with E-state index in [9.17, 15) is 4.79 Å². The van der Waals surface area contributed by atoms with Crippen molar-refractivity contribution in [3.8, 4) is 11.5 Å². The van der Waals surface area contributed by atoms with E-state index < -0.39 is 0 Å². The van der Waals surface area contributed by atoms with E-state index >= 15 is 0 Å². The summed E-state index contributed by atoms with van der Waals surface area (Å²) in [5, 5.41) is 3.27. The van der Waals surface area contributed by atoms with Crippen LogP contribution in [0.1, 0.15) is 44.7 Å². The first-order valence-corrected chi connectivity index (χ1v) is 10.2. The second-order valence-corrected chi connectivity index (χ2v) is 8.01. The number of ether oxygens (including phenoxy) is 3. The van der Waals surface area contributed by atoms with Crippen molar-refractivity contribution >= 4 is 5.91 Å². The van der Waals surface area contributed by atoms with E-state index in [2.05, 4.69) is 23.7 Å². The van der Waals surface area contributed by atoms with Crippen molar-refractivity contribution in [3.63, 3.8) is 0 Å². The lowest BCUT2D eigenvalue weighted by atomic mass is 9.85. The Hall–Kier alpha value is -2.47. The molecule has 0 unspecified atom stereocenters. The number of carbonyl (C=O) groups is 1. The van der Waals surface area contributed by atoms with Crippen molar-refractivity contribution in [2.45, 2.75) is 44.7 Å². The van der Waals surface area contributed by atoms with Crippen molar-refractivity contribution in [1.29, 1.82) is 0 Å². The third kappa shape index (κ3) is 4.75. The predicted octanol–water partition coefficient (Wildman–Crippen LogP) is 3.91. The number of methoxy groups -OCH3 is 2. The number of hydrogen-bond donors (Lipinski definition) is 1. The lowest BCUT2D eigenvalue weighted by Gasteiger charge is -2.39. The Bertz CT molecular complexity index is 795. The molecule has 0 radical (unpaired) electrons. The molecule has 2 aromatic rings. The van der Waals surface area contributed by atoms with Crippen LogP contribution in [-0.4, -0.2) is 37.9 Å². The highest BCUT2D eigenvalue weighted by atomic mass is 16.5. The van der Waals surface area contributed by atoms with Gasteiger partial charge in [-0.3, -0.25) is 4.79 Å². The number of amides is 1. The van der Waals surface area contributed by atoms with E-state index in [0.717, 1.165) is 18.4 Å². The van der Waals surface area contributed by atoms with E-state index in [1.54, 1.807) is 14.2 Å². The van der Waals surface area contributed by atoms with Crippen molar-refractivity contribution in [2.75, 3.05) is 27.4 Å². The van der Waals surface area contributed by atoms with Crippen LogP contribution in [-0.2, 0) is 15.1 Å². The van der Waals surface area contributed by atoms with Crippen LogP contribution in [0.2, 0.25) is 0 Å². The fourth-order valence-electron chi connectivity index (χ4n) is 4.13. The number of carbonyl (C=O) groups excluding carboxylic acids is 1.